The van der Waals surface area contributed by atoms with Crippen LogP contribution in [0, 0.1) is 0 Å². The zero-order valence-corrected chi connectivity index (χ0v) is 9.41. The fourth-order valence-corrected chi connectivity index (χ4v) is 2.72. The second-order valence-corrected chi connectivity index (χ2v) is 6.99. The summed E-state index contributed by atoms with van der Waals surface area (Å²) in [6.07, 6.45) is 0. The first-order valence-electron chi connectivity index (χ1n) is 3.31. The van der Waals surface area contributed by atoms with Crippen LogP contribution < -0.4 is 0 Å². The van der Waals surface area contributed by atoms with Crippen LogP contribution in [0.15, 0.2) is 0 Å². The van der Waals surface area contributed by atoms with Crippen LogP contribution in [-0.4, -0.2) is 31.5 Å². The SMILES string of the molecule is C[Si](C)(OC(=O)CCl)C(=O)CCl. The summed E-state index contributed by atoms with van der Waals surface area (Å²) in [5.74, 6) is -0.910. The number of rotatable bonds is 4. The number of carbonyl (C=O) groups is 2. The maximum absolute atomic E-state index is 11.1. The van der Waals surface area contributed by atoms with E-state index in [-0.39, 0.29) is 17.2 Å². The maximum atomic E-state index is 11.1. The predicted octanol–water partition coefficient (Wildman–Crippen LogP) is 1.32. The minimum Gasteiger partial charge on any atom is -0.511 e. The Labute approximate surface area is 82.1 Å². The topological polar surface area (TPSA) is 43.4 Å². The van der Waals surface area contributed by atoms with E-state index in [1.54, 1.807) is 13.1 Å². The van der Waals surface area contributed by atoms with Gasteiger partial charge in [-0.1, -0.05) is 0 Å². The molecular formula is C6H10Cl2O3Si. The standard InChI is InChI=1S/C6H10Cl2O3Si/c1-12(2,6(10)4-8)11-5(9)3-7/h3-4H2,1-2H3. The van der Waals surface area contributed by atoms with E-state index in [0.29, 0.717) is 0 Å². The molecule has 0 aromatic heterocycles. The van der Waals surface area contributed by atoms with Crippen LogP contribution in [0.4, 0.5) is 0 Å². The molecule has 3 nitrogen and oxygen atoms in total. The van der Waals surface area contributed by atoms with Crippen LogP contribution in [0.25, 0.3) is 0 Å². The van der Waals surface area contributed by atoms with Crippen molar-refractivity contribution in [2.75, 3.05) is 11.8 Å². The molecule has 0 saturated carbocycles. The van der Waals surface area contributed by atoms with E-state index in [4.69, 9.17) is 27.6 Å². The van der Waals surface area contributed by atoms with Gasteiger partial charge in [0.15, 0.2) is 5.41 Å². The monoisotopic (exact) mass is 228 g/mol. The number of halogens is 2. The molecule has 0 unspecified atom stereocenters. The van der Waals surface area contributed by atoms with Crippen molar-refractivity contribution >= 4 is 42.9 Å². The van der Waals surface area contributed by atoms with Gasteiger partial charge in [0.2, 0.25) is 0 Å². The second-order valence-electron chi connectivity index (χ2n) is 2.67. The molecule has 0 heterocycles. The highest BCUT2D eigenvalue weighted by Gasteiger charge is 2.35. The zero-order chi connectivity index (χ0) is 9.78. The van der Waals surface area contributed by atoms with Crippen molar-refractivity contribution in [3.63, 3.8) is 0 Å². The van der Waals surface area contributed by atoms with E-state index >= 15 is 0 Å². The van der Waals surface area contributed by atoms with Gasteiger partial charge >= 0.3 is 14.3 Å². The van der Waals surface area contributed by atoms with Crippen LogP contribution in [-0.2, 0) is 14.0 Å². The Balaban J connectivity index is 4.21. The first kappa shape index (κ1) is 11.9. The molecule has 70 valence electrons. The Kier molecular flexibility index (Phi) is 4.81. The summed E-state index contributed by atoms with van der Waals surface area (Å²) >= 11 is 10.5. The van der Waals surface area contributed by atoms with Crippen LogP contribution in [0.1, 0.15) is 0 Å². The molecule has 0 bridgehead atoms. The predicted molar refractivity (Wildman–Crippen MR) is 50.0 cm³/mol. The number of alkyl halides is 2. The number of carbonyl (C=O) groups excluding carboxylic acids is 2. The Hall–Kier alpha value is -0.0631. The van der Waals surface area contributed by atoms with Crippen molar-refractivity contribution < 1.29 is 14.0 Å². The van der Waals surface area contributed by atoms with Gasteiger partial charge < -0.3 is 4.43 Å². The van der Waals surface area contributed by atoms with E-state index in [1.165, 1.54) is 0 Å². The molecule has 0 aliphatic carbocycles. The Morgan fingerprint density at radius 2 is 1.75 bits per heavy atom. The lowest BCUT2D eigenvalue weighted by atomic mass is 10.8. The third-order valence-electron chi connectivity index (χ3n) is 1.27. The summed E-state index contributed by atoms with van der Waals surface area (Å²) in [5, 5.41) is -0.206. The first-order chi connectivity index (χ1) is 5.44. The van der Waals surface area contributed by atoms with Crippen molar-refractivity contribution in [1.29, 1.82) is 0 Å². The van der Waals surface area contributed by atoms with Crippen LogP contribution in [0.3, 0.4) is 0 Å². The Morgan fingerprint density at radius 1 is 1.25 bits per heavy atom. The second kappa shape index (κ2) is 4.84. The van der Waals surface area contributed by atoms with Crippen molar-refractivity contribution in [2.45, 2.75) is 13.1 Å². The third-order valence-corrected chi connectivity index (χ3v) is 4.21. The largest absolute Gasteiger partial charge is 0.511 e. The van der Waals surface area contributed by atoms with Gasteiger partial charge in [-0.2, -0.15) is 0 Å². The van der Waals surface area contributed by atoms with Crippen LogP contribution >= 0.6 is 23.2 Å². The van der Waals surface area contributed by atoms with Gasteiger partial charge in [0.25, 0.3) is 0 Å². The highest BCUT2D eigenvalue weighted by atomic mass is 35.5. The molecule has 6 heteroatoms. The van der Waals surface area contributed by atoms with E-state index in [9.17, 15) is 9.59 Å². The lowest BCUT2D eigenvalue weighted by Crippen LogP contribution is -2.44. The molecule has 0 aliphatic heterocycles. The summed E-state index contributed by atoms with van der Waals surface area (Å²) in [4.78, 5) is 21.8. The third kappa shape index (κ3) is 3.56. The zero-order valence-electron chi connectivity index (χ0n) is 6.89. The summed E-state index contributed by atoms with van der Waals surface area (Å²) in [5.41, 5.74) is 0. The van der Waals surface area contributed by atoms with E-state index in [2.05, 4.69) is 0 Å². The molecule has 0 atom stereocenters. The molecular weight excluding hydrogens is 219 g/mol. The van der Waals surface area contributed by atoms with E-state index < -0.39 is 14.3 Å². The van der Waals surface area contributed by atoms with E-state index in [1.807, 2.05) is 0 Å². The normalized spacial score (nSPS) is 11.0. The van der Waals surface area contributed by atoms with Gasteiger partial charge in [0.05, 0.1) is 5.88 Å². The molecule has 0 aliphatic rings. The highest BCUT2D eigenvalue weighted by Crippen LogP contribution is 2.07. The fraction of sp³-hybridized carbons (Fsp3) is 0.667. The van der Waals surface area contributed by atoms with Gasteiger partial charge in [-0.3, -0.25) is 9.59 Å². The lowest BCUT2D eigenvalue weighted by molar-refractivity contribution is -0.133. The maximum Gasteiger partial charge on any atom is 0.320 e. The molecule has 0 N–H and O–H groups in total. The van der Waals surface area contributed by atoms with Crippen molar-refractivity contribution in [3.05, 3.63) is 0 Å². The Morgan fingerprint density at radius 3 is 2.08 bits per heavy atom. The van der Waals surface area contributed by atoms with Gasteiger partial charge in [-0.05, 0) is 13.1 Å². The Bertz CT molecular complexity index is 193. The van der Waals surface area contributed by atoms with Gasteiger partial charge in [-0.25, -0.2) is 0 Å². The summed E-state index contributed by atoms with van der Waals surface area (Å²) < 4.78 is 4.87. The first-order valence-corrected chi connectivity index (χ1v) is 7.29. The summed E-state index contributed by atoms with van der Waals surface area (Å²) in [6.45, 7) is 3.23. The van der Waals surface area contributed by atoms with Crippen LogP contribution in [0.5, 0.6) is 0 Å². The average Bonchev–Trinajstić information content (AvgIpc) is 2.02. The molecule has 0 fully saturated rings. The molecule has 0 radical (unpaired) electrons. The molecule has 0 rings (SSSR count). The highest BCUT2D eigenvalue weighted by molar-refractivity contribution is 7.02. The quantitative estimate of drug-likeness (QED) is 0.539. The molecule has 0 spiro atoms. The minimum atomic E-state index is -2.60. The van der Waals surface area contributed by atoms with Gasteiger partial charge in [-0.15, -0.1) is 23.2 Å². The molecule has 0 aromatic rings. The average molecular weight is 229 g/mol. The molecule has 0 saturated heterocycles. The van der Waals surface area contributed by atoms with Crippen LogP contribution in [0.2, 0.25) is 13.1 Å². The molecule has 12 heavy (non-hydrogen) atoms. The van der Waals surface area contributed by atoms with Crippen molar-refractivity contribution in [3.8, 4) is 0 Å². The van der Waals surface area contributed by atoms with E-state index in [0.717, 1.165) is 0 Å². The van der Waals surface area contributed by atoms with Crippen molar-refractivity contribution in [1.82, 2.24) is 0 Å². The van der Waals surface area contributed by atoms with Crippen molar-refractivity contribution in [2.24, 2.45) is 0 Å². The summed E-state index contributed by atoms with van der Waals surface area (Å²) in [7, 11) is -2.60. The lowest BCUT2D eigenvalue weighted by Gasteiger charge is -2.18. The van der Waals surface area contributed by atoms with Gasteiger partial charge in [0.1, 0.15) is 5.88 Å². The number of hydrogen-bond donors (Lipinski definition) is 0. The smallest absolute Gasteiger partial charge is 0.320 e. The number of hydrogen-bond acceptors (Lipinski definition) is 3. The fourth-order valence-electron chi connectivity index (χ4n) is 0.530. The van der Waals surface area contributed by atoms with Gasteiger partial charge in [0, 0.05) is 0 Å². The summed E-state index contributed by atoms with van der Waals surface area (Å²) in [6, 6.07) is 0. The molecule has 0 aromatic carbocycles. The minimum absolute atomic E-state index is 0.116. The molecule has 0 amide bonds.